The van der Waals surface area contributed by atoms with Crippen molar-refractivity contribution >= 4 is 34.0 Å². The lowest BCUT2D eigenvalue weighted by Crippen LogP contribution is -2.11. The second-order valence-corrected chi connectivity index (χ2v) is 7.24. The van der Waals surface area contributed by atoms with Crippen LogP contribution in [0.3, 0.4) is 0 Å². The van der Waals surface area contributed by atoms with Gasteiger partial charge in [0.25, 0.3) is 5.91 Å². The Morgan fingerprint density at radius 2 is 1.44 bits per heavy atom. The van der Waals surface area contributed by atoms with E-state index in [1.54, 1.807) is 24.3 Å². The van der Waals surface area contributed by atoms with Gasteiger partial charge in [-0.25, -0.2) is 4.98 Å². The summed E-state index contributed by atoms with van der Waals surface area (Å²) >= 11 is 7.26. The second kappa shape index (κ2) is 7.74. The summed E-state index contributed by atoms with van der Waals surface area (Å²) in [5.74, 6) is -0.202. The molecule has 0 radical (unpaired) electrons. The number of rotatable bonds is 4. The Morgan fingerprint density at radius 1 is 0.815 bits per heavy atom. The lowest BCUT2D eigenvalue weighted by molar-refractivity contribution is 0.102. The molecule has 0 unspecified atom stereocenters. The van der Waals surface area contributed by atoms with Gasteiger partial charge in [0.15, 0.2) is 5.13 Å². The number of nitrogens with zero attached hydrogens (tertiary/aromatic N) is 1. The maximum atomic E-state index is 12.3. The van der Waals surface area contributed by atoms with Crippen molar-refractivity contribution in [3.05, 3.63) is 94.8 Å². The Balaban J connectivity index is 1.49. The molecule has 0 saturated heterocycles. The minimum Gasteiger partial charge on any atom is -0.298 e. The van der Waals surface area contributed by atoms with Gasteiger partial charge in [0.1, 0.15) is 0 Å². The highest BCUT2D eigenvalue weighted by atomic mass is 35.5. The predicted molar refractivity (Wildman–Crippen MR) is 112 cm³/mol. The van der Waals surface area contributed by atoms with Crippen LogP contribution in [0.25, 0.3) is 22.4 Å². The average Bonchev–Trinajstić information content (AvgIpc) is 3.18. The van der Waals surface area contributed by atoms with Crippen molar-refractivity contribution in [1.29, 1.82) is 0 Å². The fourth-order valence-electron chi connectivity index (χ4n) is 2.70. The van der Waals surface area contributed by atoms with Gasteiger partial charge < -0.3 is 0 Å². The van der Waals surface area contributed by atoms with E-state index in [9.17, 15) is 4.79 Å². The molecule has 4 aromatic rings. The molecule has 4 rings (SSSR count). The number of benzene rings is 3. The van der Waals surface area contributed by atoms with E-state index in [4.69, 9.17) is 11.6 Å². The zero-order chi connectivity index (χ0) is 18.6. The van der Waals surface area contributed by atoms with Crippen LogP contribution in [-0.2, 0) is 0 Å². The van der Waals surface area contributed by atoms with Gasteiger partial charge in [0.2, 0.25) is 0 Å². The van der Waals surface area contributed by atoms with Crippen LogP contribution in [0, 0.1) is 0 Å². The molecule has 0 bridgehead atoms. The fourth-order valence-corrected chi connectivity index (χ4v) is 3.54. The van der Waals surface area contributed by atoms with Gasteiger partial charge in [0, 0.05) is 21.5 Å². The van der Waals surface area contributed by atoms with Gasteiger partial charge in [0.05, 0.1) is 5.69 Å². The Hall–Kier alpha value is -2.95. The summed E-state index contributed by atoms with van der Waals surface area (Å²) in [4.78, 5) is 16.8. The first-order valence-electron chi connectivity index (χ1n) is 8.37. The molecule has 132 valence electrons. The first-order valence-corrected chi connectivity index (χ1v) is 9.63. The van der Waals surface area contributed by atoms with E-state index in [1.807, 2.05) is 35.7 Å². The summed E-state index contributed by atoms with van der Waals surface area (Å²) in [6, 6.07) is 25.2. The van der Waals surface area contributed by atoms with Crippen molar-refractivity contribution in [3.8, 4) is 22.4 Å². The molecule has 27 heavy (non-hydrogen) atoms. The molecule has 0 spiro atoms. The molecule has 1 heterocycles. The maximum Gasteiger partial charge on any atom is 0.257 e. The zero-order valence-corrected chi connectivity index (χ0v) is 15.8. The number of halogens is 1. The highest BCUT2D eigenvalue weighted by Gasteiger charge is 2.10. The normalized spacial score (nSPS) is 10.6. The largest absolute Gasteiger partial charge is 0.298 e. The van der Waals surface area contributed by atoms with Crippen molar-refractivity contribution in [3.63, 3.8) is 0 Å². The van der Waals surface area contributed by atoms with Gasteiger partial charge >= 0.3 is 0 Å². The Morgan fingerprint density at radius 3 is 2.15 bits per heavy atom. The predicted octanol–water partition coefficient (Wildman–Crippen LogP) is 6.38. The number of carbonyl (C=O) groups excluding carboxylic acids is 1. The Labute approximate surface area is 166 Å². The number of anilines is 1. The quantitative estimate of drug-likeness (QED) is 0.439. The number of aromatic nitrogens is 1. The molecule has 0 atom stereocenters. The summed E-state index contributed by atoms with van der Waals surface area (Å²) < 4.78 is 0. The van der Waals surface area contributed by atoms with E-state index in [-0.39, 0.29) is 5.91 Å². The monoisotopic (exact) mass is 390 g/mol. The first kappa shape index (κ1) is 17.5. The third kappa shape index (κ3) is 4.08. The van der Waals surface area contributed by atoms with Gasteiger partial charge in [-0.05, 0) is 35.4 Å². The number of hydrogen-bond acceptors (Lipinski definition) is 3. The van der Waals surface area contributed by atoms with Gasteiger partial charge in [-0.3, -0.25) is 10.1 Å². The first-order chi connectivity index (χ1) is 13.2. The van der Waals surface area contributed by atoms with Crippen molar-refractivity contribution in [1.82, 2.24) is 4.98 Å². The van der Waals surface area contributed by atoms with Crippen LogP contribution in [-0.4, -0.2) is 10.9 Å². The average molecular weight is 391 g/mol. The van der Waals surface area contributed by atoms with E-state index in [0.29, 0.717) is 15.7 Å². The summed E-state index contributed by atoms with van der Waals surface area (Å²) in [6.45, 7) is 0. The molecule has 3 nitrogen and oxygen atoms in total. The number of thiazole rings is 1. The van der Waals surface area contributed by atoms with E-state index in [1.165, 1.54) is 16.9 Å². The highest BCUT2D eigenvalue weighted by molar-refractivity contribution is 7.14. The van der Waals surface area contributed by atoms with Crippen molar-refractivity contribution in [2.75, 3.05) is 5.32 Å². The Bertz CT molecular complexity index is 1060. The molecule has 3 aromatic carbocycles. The fraction of sp³-hybridized carbons (Fsp3) is 0. The number of nitrogens with one attached hydrogen (secondary N) is 1. The van der Waals surface area contributed by atoms with Crippen LogP contribution in [0.1, 0.15) is 10.4 Å². The van der Waals surface area contributed by atoms with Crippen LogP contribution in [0.4, 0.5) is 5.13 Å². The van der Waals surface area contributed by atoms with Gasteiger partial charge in [-0.2, -0.15) is 0 Å². The van der Waals surface area contributed by atoms with Crippen molar-refractivity contribution in [2.45, 2.75) is 0 Å². The molecule has 0 aliphatic carbocycles. The molecule has 1 aromatic heterocycles. The third-order valence-corrected chi connectivity index (χ3v) is 5.13. The summed E-state index contributed by atoms with van der Waals surface area (Å²) in [5, 5.41) is 5.94. The Kier molecular flexibility index (Phi) is 5.01. The van der Waals surface area contributed by atoms with E-state index in [0.717, 1.165) is 16.8 Å². The van der Waals surface area contributed by atoms with Gasteiger partial charge in [-0.15, -0.1) is 11.3 Å². The van der Waals surface area contributed by atoms with E-state index in [2.05, 4.69) is 34.6 Å². The number of amides is 1. The van der Waals surface area contributed by atoms with Crippen LogP contribution in [0.5, 0.6) is 0 Å². The molecule has 0 aliphatic heterocycles. The zero-order valence-electron chi connectivity index (χ0n) is 14.2. The van der Waals surface area contributed by atoms with Crippen molar-refractivity contribution < 1.29 is 4.79 Å². The van der Waals surface area contributed by atoms with E-state index < -0.39 is 0 Å². The van der Waals surface area contributed by atoms with Gasteiger partial charge in [-0.1, -0.05) is 66.2 Å². The third-order valence-electron chi connectivity index (χ3n) is 4.12. The lowest BCUT2D eigenvalue weighted by atomic mass is 10.0. The SMILES string of the molecule is O=C(Nc1nc(-c2ccc(-c3ccccc3)cc2)cs1)c1ccc(Cl)cc1. The lowest BCUT2D eigenvalue weighted by Gasteiger charge is -2.03. The maximum absolute atomic E-state index is 12.3. The number of carbonyl (C=O) groups is 1. The molecule has 5 heteroatoms. The van der Waals surface area contributed by atoms with Crippen LogP contribution in [0.2, 0.25) is 5.02 Å². The topological polar surface area (TPSA) is 42.0 Å². The van der Waals surface area contributed by atoms with Crippen LogP contribution < -0.4 is 5.32 Å². The summed E-state index contributed by atoms with van der Waals surface area (Å²) in [6.07, 6.45) is 0. The minimum absolute atomic E-state index is 0.202. The summed E-state index contributed by atoms with van der Waals surface area (Å²) in [5.41, 5.74) is 4.73. The standard InChI is InChI=1S/C22H15ClN2OS/c23-19-12-10-18(11-13-19)21(26)25-22-24-20(14-27-22)17-8-6-16(7-9-17)15-4-2-1-3-5-15/h1-14H,(H,24,25,26). The molecule has 0 aliphatic rings. The van der Waals surface area contributed by atoms with Crippen LogP contribution in [0.15, 0.2) is 84.2 Å². The number of hydrogen-bond donors (Lipinski definition) is 1. The molecule has 0 fully saturated rings. The molecular weight excluding hydrogens is 376 g/mol. The second-order valence-electron chi connectivity index (χ2n) is 5.94. The minimum atomic E-state index is -0.202. The van der Waals surface area contributed by atoms with E-state index >= 15 is 0 Å². The van der Waals surface area contributed by atoms with Crippen LogP contribution >= 0.6 is 22.9 Å². The molecule has 1 N–H and O–H groups in total. The smallest absolute Gasteiger partial charge is 0.257 e. The highest BCUT2D eigenvalue weighted by Crippen LogP contribution is 2.28. The molecule has 1 amide bonds. The van der Waals surface area contributed by atoms with Crippen molar-refractivity contribution in [2.24, 2.45) is 0 Å². The summed E-state index contributed by atoms with van der Waals surface area (Å²) in [7, 11) is 0. The molecule has 0 saturated carbocycles. The molecular formula is C22H15ClN2OS.